The predicted molar refractivity (Wildman–Crippen MR) is 71.0 cm³/mol. The predicted octanol–water partition coefficient (Wildman–Crippen LogP) is 3.46. The fraction of sp³-hybridized carbons (Fsp3) is 0.231. The van der Waals surface area contributed by atoms with Gasteiger partial charge in [0.05, 0.1) is 6.04 Å². The van der Waals surface area contributed by atoms with Crippen LogP contribution in [0.15, 0.2) is 46.7 Å². The molecule has 1 aliphatic heterocycles. The van der Waals surface area contributed by atoms with Crippen molar-refractivity contribution in [2.45, 2.75) is 22.6 Å². The highest BCUT2D eigenvalue weighted by Crippen LogP contribution is 2.42. The molecule has 1 aromatic carbocycles. The molecule has 1 aromatic heterocycles. The minimum atomic E-state index is 0.164. The highest BCUT2D eigenvalue weighted by atomic mass is 32.2. The molecular weight excluding hydrogens is 234 g/mol. The number of fused-ring (bicyclic) bond motifs is 1. The molecule has 3 heteroatoms. The fourth-order valence-corrected chi connectivity index (χ4v) is 4.29. The largest absolute Gasteiger partial charge is 0.322 e. The number of nitrogens with two attached hydrogens (primary N) is 1. The third kappa shape index (κ3) is 1.79. The van der Waals surface area contributed by atoms with Crippen LogP contribution in [0.2, 0.25) is 0 Å². The van der Waals surface area contributed by atoms with Gasteiger partial charge in [-0.05, 0) is 29.5 Å². The van der Waals surface area contributed by atoms with E-state index >= 15 is 0 Å². The van der Waals surface area contributed by atoms with Crippen LogP contribution < -0.4 is 5.73 Å². The molecule has 0 aliphatic carbocycles. The van der Waals surface area contributed by atoms with Crippen molar-refractivity contribution >= 4 is 23.1 Å². The van der Waals surface area contributed by atoms with E-state index in [9.17, 15) is 0 Å². The second kappa shape index (κ2) is 4.24. The minimum Gasteiger partial charge on any atom is -0.322 e. The first kappa shape index (κ1) is 10.4. The van der Waals surface area contributed by atoms with E-state index in [2.05, 4.69) is 41.8 Å². The standard InChI is InChI=1S/C13H13NS2/c14-13(11-6-3-7-15-11)12-8-9-4-1-2-5-10(9)16-12/h1-7,12-13H,8,14H2. The second-order valence-corrected chi connectivity index (χ2v) is 6.27. The Hall–Kier alpha value is -0.770. The van der Waals surface area contributed by atoms with Crippen molar-refractivity contribution in [3.05, 3.63) is 52.2 Å². The van der Waals surface area contributed by atoms with E-state index in [1.54, 1.807) is 11.3 Å². The highest BCUT2D eigenvalue weighted by molar-refractivity contribution is 8.00. The van der Waals surface area contributed by atoms with Crippen LogP contribution in [0, 0.1) is 0 Å². The molecule has 0 radical (unpaired) electrons. The molecular formula is C13H13NS2. The summed E-state index contributed by atoms with van der Waals surface area (Å²) in [5.41, 5.74) is 7.76. The molecule has 0 amide bonds. The van der Waals surface area contributed by atoms with Crippen LogP contribution in [0.1, 0.15) is 16.5 Å². The van der Waals surface area contributed by atoms with Crippen molar-refractivity contribution in [2.24, 2.45) is 5.73 Å². The fourth-order valence-electron chi connectivity index (χ4n) is 2.07. The van der Waals surface area contributed by atoms with Crippen LogP contribution in [-0.2, 0) is 6.42 Å². The van der Waals surface area contributed by atoms with Crippen LogP contribution in [0.25, 0.3) is 0 Å². The average Bonchev–Trinajstić information content (AvgIpc) is 2.97. The number of benzene rings is 1. The van der Waals surface area contributed by atoms with E-state index in [-0.39, 0.29) is 6.04 Å². The zero-order chi connectivity index (χ0) is 11.0. The first-order chi connectivity index (χ1) is 7.84. The van der Waals surface area contributed by atoms with E-state index in [1.807, 2.05) is 11.8 Å². The van der Waals surface area contributed by atoms with Gasteiger partial charge >= 0.3 is 0 Å². The number of thioether (sulfide) groups is 1. The van der Waals surface area contributed by atoms with Gasteiger partial charge in [0.25, 0.3) is 0 Å². The SMILES string of the molecule is NC(c1cccs1)C1Cc2ccccc2S1. The lowest BCUT2D eigenvalue weighted by atomic mass is 10.0. The maximum Gasteiger partial charge on any atom is 0.0517 e. The molecule has 1 nitrogen and oxygen atoms in total. The zero-order valence-corrected chi connectivity index (χ0v) is 10.4. The normalized spacial score (nSPS) is 20.7. The maximum atomic E-state index is 6.31. The Morgan fingerprint density at radius 3 is 2.81 bits per heavy atom. The summed E-state index contributed by atoms with van der Waals surface area (Å²) in [5.74, 6) is 0. The first-order valence-electron chi connectivity index (χ1n) is 5.38. The summed E-state index contributed by atoms with van der Waals surface area (Å²) in [6, 6.07) is 13.0. The van der Waals surface area contributed by atoms with E-state index in [0.29, 0.717) is 5.25 Å². The lowest BCUT2D eigenvalue weighted by molar-refractivity contribution is 0.689. The number of hydrogen-bond donors (Lipinski definition) is 1. The number of rotatable bonds is 2. The third-order valence-corrected chi connectivity index (χ3v) is 5.33. The smallest absolute Gasteiger partial charge is 0.0517 e. The molecule has 2 unspecified atom stereocenters. The summed E-state index contributed by atoms with van der Waals surface area (Å²) in [5, 5.41) is 2.60. The molecule has 2 aromatic rings. The van der Waals surface area contributed by atoms with E-state index in [4.69, 9.17) is 5.73 Å². The quantitative estimate of drug-likeness (QED) is 0.879. The van der Waals surface area contributed by atoms with E-state index < -0.39 is 0 Å². The lowest BCUT2D eigenvalue weighted by Gasteiger charge is -2.16. The molecule has 0 spiro atoms. The van der Waals surface area contributed by atoms with Crippen molar-refractivity contribution in [1.82, 2.24) is 0 Å². The molecule has 3 rings (SSSR count). The van der Waals surface area contributed by atoms with Gasteiger partial charge < -0.3 is 5.73 Å². The summed E-state index contributed by atoms with van der Waals surface area (Å²) in [7, 11) is 0. The van der Waals surface area contributed by atoms with Gasteiger partial charge in [-0.25, -0.2) is 0 Å². The van der Waals surface area contributed by atoms with Crippen molar-refractivity contribution in [3.63, 3.8) is 0 Å². The molecule has 82 valence electrons. The summed E-state index contributed by atoms with van der Waals surface area (Å²) in [4.78, 5) is 2.70. The maximum absolute atomic E-state index is 6.31. The van der Waals surface area contributed by atoms with Gasteiger partial charge in [-0.3, -0.25) is 0 Å². The Labute approximate surface area is 104 Å². The van der Waals surface area contributed by atoms with Crippen LogP contribution in [0.3, 0.4) is 0 Å². The molecule has 2 heterocycles. The summed E-state index contributed by atoms with van der Waals surface area (Å²) < 4.78 is 0. The molecule has 2 atom stereocenters. The Morgan fingerprint density at radius 1 is 1.19 bits per heavy atom. The van der Waals surface area contributed by atoms with Gasteiger partial charge in [0.15, 0.2) is 0 Å². The number of hydrogen-bond acceptors (Lipinski definition) is 3. The van der Waals surface area contributed by atoms with Crippen LogP contribution in [0.5, 0.6) is 0 Å². The topological polar surface area (TPSA) is 26.0 Å². The monoisotopic (exact) mass is 247 g/mol. The van der Waals surface area contributed by atoms with Gasteiger partial charge in [-0.15, -0.1) is 23.1 Å². The summed E-state index contributed by atoms with van der Waals surface area (Å²) >= 11 is 3.68. The average molecular weight is 247 g/mol. The molecule has 0 bridgehead atoms. The zero-order valence-electron chi connectivity index (χ0n) is 8.80. The van der Waals surface area contributed by atoms with Crippen molar-refractivity contribution in [1.29, 1.82) is 0 Å². The van der Waals surface area contributed by atoms with Crippen LogP contribution in [-0.4, -0.2) is 5.25 Å². The molecule has 0 fully saturated rings. The van der Waals surface area contributed by atoms with Crippen LogP contribution >= 0.6 is 23.1 Å². The van der Waals surface area contributed by atoms with Gasteiger partial charge in [-0.2, -0.15) is 0 Å². The van der Waals surface area contributed by atoms with E-state index in [1.165, 1.54) is 15.3 Å². The van der Waals surface area contributed by atoms with Crippen LogP contribution in [0.4, 0.5) is 0 Å². The molecule has 1 aliphatic rings. The second-order valence-electron chi connectivity index (χ2n) is 4.01. The lowest BCUT2D eigenvalue weighted by Crippen LogP contribution is -2.22. The summed E-state index contributed by atoms with van der Waals surface area (Å²) in [6.07, 6.45) is 1.10. The highest BCUT2D eigenvalue weighted by Gasteiger charge is 2.28. The van der Waals surface area contributed by atoms with Crippen molar-refractivity contribution < 1.29 is 0 Å². The van der Waals surface area contributed by atoms with Crippen molar-refractivity contribution in [3.8, 4) is 0 Å². The Kier molecular flexibility index (Phi) is 2.75. The Morgan fingerprint density at radius 2 is 2.06 bits per heavy atom. The first-order valence-corrected chi connectivity index (χ1v) is 7.14. The third-order valence-electron chi connectivity index (χ3n) is 2.94. The number of thiophene rings is 1. The molecule has 16 heavy (non-hydrogen) atoms. The minimum absolute atomic E-state index is 0.164. The van der Waals surface area contributed by atoms with Gasteiger partial charge in [0.2, 0.25) is 0 Å². The molecule has 2 N–H and O–H groups in total. The Balaban J connectivity index is 1.81. The Bertz CT molecular complexity index is 453. The molecule has 0 saturated carbocycles. The molecule has 0 saturated heterocycles. The van der Waals surface area contributed by atoms with E-state index in [0.717, 1.165) is 6.42 Å². The van der Waals surface area contributed by atoms with Gasteiger partial charge in [0, 0.05) is 15.0 Å². The van der Waals surface area contributed by atoms with Crippen molar-refractivity contribution in [2.75, 3.05) is 0 Å². The van der Waals surface area contributed by atoms with Gasteiger partial charge in [-0.1, -0.05) is 24.3 Å². The summed E-state index contributed by atoms with van der Waals surface area (Å²) in [6.45, 7) is 0. The van der Waals surface area contributed by atoms with Gasteiger partial charge in [0.1, 0.15) is 0 Å².